The van der Waals surface area contributed by atoms with Gasteiger partial charge in [0, 0.05) is 16.8 Å². The molecular weight excluding hydrogens is 254 g/mol. The summed E-state index contributed by atoms with van der Waals surface area (Å²) >= 11 is 0. The molecule has 1 aliphatic rings. The van der Waals surface area contributed by atoms with Crippen molar-refractivity contribution in [3.05, 3.63) is 21.8 Å². The van der Waals surface area contributed by atoms with Gasteiger partial charge in [0.2, 0.25) is 6.04 Å². The molecule has 0 spiro atoms. The van der Waals surface area contributed by atoms with Crippen molar-refractivity contribution in [2.75, 3.05) is 0 Å². The Morgan fingerprint density at radius 2 is 2.26 bits per heavy atom. The van der Waals surface area contributed by atoms with Gasteiger partial charge in [0.1, 0.15) is 5.92 Å². The second-order valence-electron chi connectivity index (χ2n) is 5.56. The molecule has 8 nitrogen and oxygen atoms in total. The molecule has 2 rings (SSSR count). The lowest BCUT2D eigenvalue weighted by atomic mass is 9.96. The van der Waals surface area contributed by atoms with Crippen molar-refractivity contribution in [2.24, 2.45) is 5.92 Å². The molecular formula is C11H15N3O5. The summed E-state index contributed by atoms with van der Waals surface area (Å²) in [5.74, 6) is -0.512. The summed E-state index contributed by atoms with van der Waals surface area (Å²) in [5.41, 5.74) is -0.251. The normalized spacial score (nSPS) is 22.1. The van der Waals surface area contributed by atoms with Crippen LogP contribution in [0.4, 0.5) is 0 Å². The van der Waals surface area contributed by atoms with Crippen molar-refractivity contribution in [1.82, 2.24) is 10.1 Å². The van der Waals surface area contributed by atoms with Crippen molar-refractivity contribution in [2.45, 2.75) is 45.3 Å². The van der Waals surface area contributed by atoms with Crippen LogP contribution in [-0.2, 0) is 21.6 Å². The fourth-order valence-corrected chi connectivity index (χ4v) is 1.53. The molecule has 0 aliphatic heterocycles. The Bertz CT molecular complexity index is 505. The fraction of sp³-hybridized carbons (Fsp3) is 0.727. The first kappa shape index (κ1) is 13.4. The summed E-state index contributed by atoms with van der Waals surface area (Å²) in [6, 6.07) is -0.805. The molecule has 0 bridgehead atoms. The van der Waals surface area contributed by atoms with Crippen molar-refractivity contribution in [3.8, 4) is 0 Å². The molecule has 1 saturated carbocycles. The average molecular weight is 269 g/mol. The molecule has 1 fully saturated rings. The predicted octanol–water partition coefficient (Wildman–Crippen LogP) is 1.08. The van der Waals surface area contributed by atoms with Gasteiger partial charge in [0.05, 0.1) is 0 Å². The molecule has 0 aromatic carbocycles. The van der Waals surface area contributed by atoms with E-state index in [9.17, 15) is 14.9 Å². The Balaban J connectivity index is 1.85. The Morgan fingerprint density at radius 1 is 1.58 bits per heavy atom. The minimum atomic E-state index is -0.805. The summed E-state index contributed by atoms with van der Waals surface area (Å²) in [6.45, 7) is 5.64. The van der Waals surface area contributed by atoms with Gasteiger partial charge in [-0.05, 0) is 0 Å². The van der Waals surface area contributed by atoms with E-state index in [2.05, 4.69) is 10.1 Å². The van der Waals surface area contributed by atoms with Gasteiger partial charge in [-0.2, -0.15) is 4.98 Å². The van der Waals surface area contributed by atoms with Crippen LogP contribution in [0.25, 0.3) is 0 Å². The highest BCUT2D eigenvalue weighted by atomic mass is 16.6. The number of nitro groups is 1. The summed E-state index contributed by atoms with van der Waals surface area (Å²) < 4.78 is 9.86. The summed E-state index contributed by atoms with van der Waals surface area (Å²) in [5, 5.41) is 14.2. The van der Waals surface area contributed by atoms with Crippen LogP contribution in [0, 0.1) is 16.0 Å². The van der Waals surface area contributed by atoms with Gasteiger partial charge in [-0.3, -0.25) is 14.9 Å². The molecule has 1 aliphatic carbocycles. The van der Waals surface area contributed by atoms with E-state index >= 15 is 0 Å². The second kappa shape index (κ2) is 4.60. The molecule has 104 valence electrons. The molecule has 1 aromatic heterocycles. The van der Waals surface area contributed by atoms with Gasteiger partial charge >= 0.3 is 5.97 Å². The molecule has 0 N–H and O–H groups in total. The third-order valence-electron chi connectivity index (χ3n) is 2.81. The van der Waals surface area contributed by atoms with Gasteiger partial charge in [0.25, 0.3) is 5.89 Å². The number of carbonyl (C=O) groups excluding carboxylic acids is 1. The van der Waals surface area contributed by atoms with E-state index in [0.717, 1.165) is 0 Å². The molecule has 1 aromatic rings. The van der Waals surface area contributed by atoms with Crippen LogP contribution in [0.5, 0.6) is 0 Å². The van der Waals surface area contributed by atoms with Crippen molar-refractivity contribution < 1.29 is 19.0 Å². The highest BCUT2D eigenvalue weighted by molar-refractivity contribution is 5.76. The molecule has 0 saturated heterocycles. The van der Waals surface area contributed by atoms with E-state index in [0.29, 0.717) is 5.82 Å². The Morgan fingerprint density at radius 3 is 2.74 bits per heavy atom. The number of hydrogen-bond acceptors (Lipinski definition) is 7. The Kier molecular flexibility index (Phi) is 3.25. The predicted molar refractivity (Wildman–Crippen MR) is 61.7 cm³/mol. The van der Waals surface area contributed by atoms with Crippen LogP contribution in [0.15, 0.2) is 4.52 Å². The maximum absolute atomic E-state index is 11.5. The molecule has 8 heteroatoms. The van der Waals surface area contributed by atoms with E-state index in [1.165, 1.54) is 0 Å². The highest BCUT2D eigenvalue weighted by Gasteiger charge is 2.54. The third-order valence-corrected chi connectivity index (χ3v) is 2.81. The van der Waals surface area contributed by atoms with Crippen molar-refractivity contribution in [3.63, 3.8) is 0 Å². The van der Waals surface area contributed by atoms with E-state index in [1.807, 2.05) is 20.8 Å². The van der Waals surface area contributed by atoms with Gasteiger partial charge in [0.15, 0.2) is 12.4 Å². The standard InChI is InChI=1S/C11H15N3O5/c1-11(2,3)10-12-8(19-13-10)5-18-9(15)6-4-7(6)14(16)17/h6-7H,4-5H2,1-3H3. The first-order chi connectivity index (χ1) is 8.79. The van der Waals surface area contributed by atoms with Gasteiger partial charge < -0.3 is 9.26 Å². The molecule has 1 heterocycles. The number of rotatable bonds is 4. The largest absolute Gasteiger partial charge is 0.455 e. The number of carbonyl (C=O) groups is 1. The van der Waals surface area contributed by atoms with Crippen LogP contribution >= 0.6 is 0 Å². The lowest BCUT2D eigenvalue weighted by Gasteiger charge is -2.10. The maximum atomic E-state index is 11.5. The van der Waals surface area contributed by atoms with Crippen molar-refractivity contribution >= 4 is 5.97 Å². The minimum absolute atomic E-state index is 0.150. The lowest BCUT2D eigenvalue weighted by Crippen LogP contribution is -2.14. The molecule has 2 atom stereocenters. The highest BCUT2D eigenvalue weighted by Crippen LogP contribution is 2.34. The smallest absolute Gasteiger partial charge is 0.316 e. The zero-order chi connectivity index (χ0) is 14.2. The van der Waals surface area contributed by atoms with Crippen LogP contribution in [0.3, 0.4) is 0 Å². The summed E-state index contributed by atoms with van der Waals surface area (Å²) in [7, 11) is 0. The van der Waals surface area contributed by atoms with Gasteiger partial charge in [-0.25, -0.2) is 0 Å². The SMILES string of the molecule is CC(C)(C)c1noc(COC(=O)C2CC2[N+](=O)[O-])n1. The average Bonchev–Trinajstić information content (AvgIpc) is 2.96. The molecule has 0 amide bonds. The molecule has 2 unspecified atom stereocenters. The first-order valence-electron chi connectivity index (χ1n) is 5.92. The van der Waals surface area contributed by atoms with E-state index in [-0.39, 0.29) is 24.3 Å². The third kappa shape index (κ3) is 3.07. The van der Waals surface area contributed by atoms with Gasteiger partial charge in [-0.15, -0.1) is 0 Å². The van der Waals surface area contributed by atoms with Crippen LogP contribution in [0.2, 0.25) is 0 Å². The van der Waals surface area contributed by atoms with Gasteiger partial charge in [-0.1, -0.05) is 25.9 Å². The van der Waals surface area contributed by atoms with E-state index in [1.54, 1.807) is 0 Å². The van der Waals surface area contributed by atoms with Crippen LogP contribution in [0.1, 0.15) is 38.9 Å². The Labute approximate surface area is 109 Å². The second-order valence-corrected chi connectivity index (χ2v) is 5.56. The zero-order valence-corrected chi connectivity index (χ0v) is 11.0. The summed E-state index contributed by atoms with van der Waals surface area (Å²) in [4.78, 5) is 25.5. The fourth-order valence-electron chi connectivity index (χ4n) is 1.53. The van der Waals surface area contributed by atoms with E-state index in [4.69, 9.17) is 9.26 Å². The van der Waals surface area contributed by atoms with Crippen LogP contribution < -0.4 is 0 Å². The maximum Gasteiger partial charge on any atom is 0.316 e. The quantitative estimate of drug-likeness (QED) is 0.457. The number of esters is 1. The summed E-state index contributed by atoms with van der Waals surface area (Å²) in [6.07, 6.45) is 0.239. The molecule has 0 radical (unpaired) electrons. The monoisotopic (exact) mass is 269 g/mol. The minimum Gasteiger partial charge on any atom is -0.455 e. The number of nitrogens with zero attached hydrogens (tertiary/aromatic N) is 3. The lowest BCUT2D eigenvalue weighted by molar-refractivity contribution is -0.497. The number of hydrogen-bond donors (Lipinski definition) is 0. The molecule has 19 heavy (non-hydrogen) atoms. The topological polar surface area (TPSA) is 108 Å². The van der Waals surface area contributed by atoms with Crippen molar-refractivity contribution in [1.29, 1.82) is 0 Å². The van der Waals surface area contributed by atoms with E-state index < -0.39 is 22.9 Å². The van der Waals surface area contributed by atoms with Crippen LogP contribution in [-0.4, -0.2) is 27.1 Å². The number of ether oxygens (including phenoxy) is 1. The number of aromatic nitrogens is 2. The zero-order valence-electron chi connectivity index (χ0n) is 11.0. The first-order valence-corrected chi connectivity index (χ1v) is 5.92. The Hall–Kier alpha value is -1.99.